The fourth-order valence-electron chi connectivity index (χ4n) is 2.16. The topological polar surface area (TPSA) is 29.5 Å². The van der Waals surface area contributed by atoms with Gasteiger partial charge in [-0.3, -0.25) is 0 Å². The summed E-state index contributed by atoms with van der Waals surface area (Å²) in [4.78, 5) is 1.12. The minimum absolute atomic E-state index is 0.350. The third kappa shape index (κ3) is 3.58. The number of hydrogen-bond acceptors (Lipinski definition) is 3. The van der Waals surface area contributed by atoms with Crippen molar-refractivity contribution in [3.63, 3.8) is 0 Å². The fraction of sp³-hybridized carbons (Fsp3) is 0.375. The molecule has 2 rings (SSSR count). The van der Waals surface area contributed by atoms with Crippen LogP contribution >= 0.6 is 11.3 Å². The SMILES string of the molecule is CCc1ccsc1C(O)CCc1ccc(OC)cc1. The third-order valence-corrected chi connectivity index (χ3v) is 4.39. The van der Waals surface area contributed by atoms with Crippen molar-refractivity contribution in [3.8, 4) is 5.75 Å². The van der Waals surface area contributed by atoms with E-state index in [2.05, 4.69) is 30.5 Å². The minimum Gasteiger partial charge on any atom is -0.497 e. The number of aryl methyl sites for hydroxylation is 2. The molecule has 19 heavy (non-hydrogen) atoms. The number of benzene rings is 1. The molecule has 0 bridgehead atoms. The van der Waals surface area contributed by atoms with Gasteiger partial charge in [0.25, 0.3) is 0 Å². The van der Waals surface area contributed by atoms with E-state index < -0.39 is 0 Å². The predicted molar refractivity (Wildman–Crippen MR) is 80.0 cm³/mol. The maximum atomic E-state index is 10.3. The van der Waals surface area contributed by atoms with Gasteiger partial charge in [-0.15, -0.1) is 11.3 Å². The lowest BCUT2D eigenvalue weighted by molar-refractivity contribution is 0.170. The van der Waals surface area contributed by atoms with E-state index in [1.165, 1.54) is 11.1 Å². The van der Waals surface area contributed by atoms with Crippen LogP contribution in [0.4, 0.5) is 0 Å². The highest BCUT2D eigenvalue weighted by Gasteiger charge is 2.13. The van der Waals surface area contributed by atoms with Gasteiger partial charge >= 0.3 is 0 Å². The monoisotopic (exact) mass is 276 g/mol. The molecule has 1 aromatic heterocycles. The highest BCUT2D eigenvalue weighted by atomic mass is 32.1. The molecule has 0 spiro atoms. The lowest BCUT2D eigenvalue weighted by Gasteiger charge is -2.11. The van der Waals surface area contributed by atoms with Gasteiger partial charge in [-0.1, -0.05) is 19.1 Å². The van der Waals surface area contributed by atoms with Gasteiger partial charge in [0.1, 0.15) is 5.75 Å². The summed E-state index contributed by atoms with van der Waals surface area (Å²) in [5.41, 5.74) is 2.50. The first-order chi connectivity index (χ1) is 9.24. The summed E-state index contributed by atoms with van der Waals surface area (Å²) in [7, 11) is 1.67. The smallest absolute Gasteiger partial charge is 0.118 e. The molecule has 1 unspecified atom stereocenters. The van der Waals surface area contributed by atoms with E-state index in [-0.39, 0.29) is 6.10 Å². The number of ether oxygens (including phenoxy) is 1. The Morgan fingerprint density at radius 1 is 1.21 bits per heavy atom. The first-order valence-electron chi connectivity index (χ1n) is 6.61. The minimum atomic E-state index is -0.350. The molecule has 0 aliphatic rings. The average molecular weight is 276 g/mol. The quantitative estimate of drug-likeness (QED) is 0.864. The van der Waals surface area contributed by atoms with Crippen molar-refractivity contribution >= 4 is 11.3 Å². The summed E-state index contributed by atoms with van der Waals surface area (Å²) in [6.45, 7) is 2.13. The summed E-state index contributed by atoms with van der Waals surface area (Å²) < 4.78 is 5.14. The van der Waals surface area contributed by atoms with Gasteiger partial charge in [-0.25, -0.2) is 0 Å². The van der Waals surface area contributed by atoms with Crippen molar-refractivity contribution in [2.24, 2.45) is 0 Å². The normalized spacial score (nSPS) is 12.4. The van der Waals surface area contributed by atoms with Crippen molar-refractivity contribution in [3.05, 3.63) is 51.7 Å². The third-order valence-electron chi connectivity index (χ3n) is 3.33. The Morgan fingerprint density at radius 3 is 2.58 bits per heavy atom. The van der Waals surface area contributed by atoms with Crippen LogP contribution in [0.15, 0.2) is 35.7 Å². The Labute approximate surface area is 118 Å². The van der Waals surface area contributed by atoms with Crippen LogP contribution in [0.5, 0.6) is 5.75 Å². The Morgan fingerprint density at radius 2 is 1.95 bits per heavy atom. The van der Waals surface area contributed by atoms with Crippen LogP contribution < -0.4 is 4.74 Å². The number of hydrogen-bond donors (Lipinski definition) is 1. The summed E-state index contributed by atoms with van der Waals surface area (Å²) in [6, 6.07) is 10.1. The molecule has 1 atom stereocenters. The second kappa shape index (κ2) is 6.73. The molecule has 1 aromatic carbocycles. The van der Waals surface area contributed by atoms with Crippen LogP contribution in [-0.2, 0) is 12.8 Å². The number of thiophene rings is 1. The first kappa shape index (κ1) is 14.1. The highest BCUT2D eigenvalue weighted by molar-refractivity contribution is 7.10. The van der Waals surface area contributed by atoms with Gasteiger partial charge in [0.2, 0.25) is 0 Å². The predicted octanol–water partition coefficient (Wildman–Crippen LogP) is 3.99. The molecule has 2 aromatic rings. The lowest BCUT2D eigenvalue weighted by Crippen LogP contribution is -2.00. The van der Waals surface area contributed by atoms with Gasteiger partial charge in [-0.2, -0.15) is 0 Å². The van der Waals surface area contributed by atoms with Gasteiger partial charge in [-0.05, 0) is 54.0 Å². The largest absolute Gasteiger partial charge is 0.497 e. The molecule has 2 nitrogen and oxygen atoms in total. The van der Waals surface area contributed by atoms with E-state index in [0.29, 0.717) is 0 Å². The van der Waals surface area contributed by atoms with E-state index in [4.69, 9.17) is 4.74 Å². The number of rotatable bonds is 6. The number of methoxy groups -OCH3 is 1. The van der Waals surface area contributed by atoms with Crippen molar-refractivity contribution in [2.45, 2.75) is 32.3 Å². The second-order valence-corrected chi connectivity index (χ2v) is 5.51. The molecule has 3 heteroatoms. The zero-order valence-electron chi connectivity index (χ0n) is 11.4. The van der Waals surface area contributed by atoms with Crippen LogP contribution in [-0.4, -0.2) is 12.2 Å². The standard InChI is InChI=1S/C16H20O2S/c1-3-13-10-11-19-16(13)15(17)9-6-12-4-7-14(18-2)8-5-12/h4-5,7-8,10-11,15,17H,3,6,9H2,1-2H3. The first-order valence-corrected chi connectivity index (χ1v) is 7.49. The fourth-order valence-corrected chi connectivity index (χ4v) is 3.18. The summed E-state index contributed by atoms with van der Waals surface area (Å²) in [6.07, 6.45) is 2.28. The summed E-state index contributed by atoms with van der Waals surface area (Å²) in [5, 5.41) is 12.3. The van der Waals surface area contributed by atoms with E-state index in [9.17, 15) is 5.11 Å². The maximum absolute atomic E-state index is 10.3. The molecular weight excluding hydrogens is 256 g/mol. The molecule has 0 saturated carbocycles. The lowest BCUT2D eigenvalue weighted by atomic mass is 10.0. The summed E-state index contributed by atoms with van der Waals surface area (Å²) in [5.74, 6) is 0.871. The number of aliphatic hydroxyl groups excluding tert-OH is 1. The molecule has 0 saturated heterocycles. The molecule has 0 aliphatic carbocycles. The average Bonchev–Trinajstić information content (AvgIpc) is 2.93. The van der Waals surface area contributed by atoms with Gasteiger partial charge in [0.05, 0.1) is 13.2 Å². The second-order valence-electron chi connectivity index (χ2n) is 4.57. The maximum Gasteiger partial charge on any atom is 0.118 e. The molecular formula is C16H20O2S. The van der Waals surface area contributed by atoms with E-state index in [1.54, 1.807) is 18.4 Å². The van der Waals surface area contributed by atoms with Crippen molar-refractivity contribution in [1.82, 2.24) is 0 Å². The zero-order valence-corrected chi connectivity index (χ0v) is 12.2. The van der Waals surface area contributed by atoms with E-state index in [1.807, 2.05) is 12.1 Å². The number of aliphatic hydroxyl groups is 1. The van der Waals surface area contributed by atoms with Crippen LogP contribution in [0, 0.1) is 0 Å². The zero-order chi connectivity index (χ0) is 13.7. The van der Waals surface area contributed by atoms with Gasteiger partial charge in [0.15, 0.2) is 0 Å². The molecule has 0 radical (unpaired) electrons. The molecule has 0 aliphatic heterocycles. The van der Waals surface area contributed by atoms with Crippen LogP contribution in [0.3, 0.4) is 0 Å². The van der Waals surface area contributed by atoms with Crippen molar-refractivity contribution in [1.29, 1.82) is 0 Å². The summed E-state index contributed by atoms with van der Waals surface area (Å²) >= 11 is 1.65. The van der Waals surface area contributed by atoms with E-state index >= 15 is 0 Å². The molecule has 0 amide bonds. The molecule has 0 fully saturated rings. The molecule has 1 N–H and O–H groups in total. The Hall–Kier alpha value is -1.32. The van der Waals surface area contributed by atoms with Crippen LogP contribution in [0.25, 0.3) is 0 Å². The van der Waals surface area contributed by atoms with Crippen LogP contribution in [0.1, 0.15) is 35.5 Å². The molecule has 1 heterocycles. The van der Waals surface area contributed by atoms with Crippen LogP contribution in [0.2, 0.25) is 0 Å². The highest BCUT2D eigenvalue weighted by Crippen LogP contribution is 2.28. The Kier molecular flexibility index (Phi) is 5.00. The Bertz CT molecular complexity index is 502. The van der Waals surface area contributed by atoms with Crippen molar-refractivity contribution in [2.75, 3.05) is 7.11 Å². The van der Waals surface area contributed by atoms with Gasteiger partial charge < -0.3 is 9.84 Å². The van der Waals surface area contributed by atoms with Crippen molar-refractivity contribution < 1.29 is 9.84 Å². The Balaban J connectivity index is 1.94. The van der Waals surface area contributed by atoms with Gasteiger partial charge in [0, 0.05) is 4.88 Å². The van der Waals surface area contributed by atoms with E-state index in [0.717, 1.165) is 29.9 Å². The molecule has 102 valence electrons.